The highest BCUT2D eigenvalue weighted by Crippen LogP contribution is 2.31. The van der Waals surface area contributed by atoms with E-state index in [1.54, 1.807) is 61.2 Å². The predicted octanol–water partition coefficient (Wildman–Crippen LogP) is 3.07. The van der Waals surface area contributed by atoms with Crippen molar-refractivity contribution in [2.24, 2.45) is 29.6 Å². The van der Waals surface area contributed by atoms with Crippen LogP contribution in [0.1, 0.15) is 99.5 Å². The van der Waals surface area contributed by atoms with E-state index in [-0.39, 0.29) is 66.7 Å². The molecule has 338 valence electrons. The summed E-state index contributed by atoms with van der Waals surface area (Å²) in [5.41, 5.74) is 0.720. The van der Waals surface area contributed by atoms with E-state index in [4.69, 9.17) is 9.84 Å². The lowest BCUT2D eigenvalue weighted by Crippen LogP contribution is -2.59. The number of rotatable bonds is 25. The van der Waals surface area contributed by atoms with Crippen LogP contribution in [0, 0.1) is 29.6 Å². The average Bonchev–Trinajstić information content (AvgIpc) is 3.70. The molecular formula is C44H72N6O10. The zero-order valence-corrected chi connectivity index (χ0v) is 37.5. The maximum atomic E-state index is 14.3. The van der Waals surface area contributed by atoms with Crippen molar-refractivity contribution in [3.8, 4) is 0 Å². The molecule has 16 nitrogen and oxygen atoms in total. The number of hydrogen-bond acceptors (Lipinski definition) is 9. The molecule has 10 atom stereocenters. The summed E-state index contributed by atoms with van der Waals surface area (Å²) in [4.78, 5) is 95.5. The van der Waals surface area contributed by atoms with Crippen molar-refractivity contribution in [2.45, 2.75) is 143 Å². The second-order valence-electron chi connectivity index (χ2n) is 17.1. The van der Waals surface area contributed by atoms with Gasteiger partial charge in [-0.15, -0.1) is 0 Å². The molecule has 2 rings (SSSR count). The molecule has 5 amide bonds. The number of nitrogens with one attached hydrogen (secondary N) is 4. The third kappa shape index (κ3) is 14.6. The second kappa shape index (κ2) is 24.6. The molecule has 1 fully saturated rings. The number of carboxylic acid groups (broad SMARTS) is 2. The minimum absolute atomic E-state index is 0.00149. The lowest BCUT2D eigenvalue weighted by molar-refractivity contribution is -0.146. The van der Waals surface area contributed by atoms with Gasteiger partial charge in [0, 0.05) is 45.5 Å². The number of carboxylic acids is 2. The van der Waals surface area contributed by atoms with Crippen molar-refractivity contribution in [3.63, 3.8) is 0 Å². The van der Waals surface area contributed by atoms with Crippen molar-refractivity contribution in [1.82, 2.24) is 31.1 Å². The molecule has 0 spiro atoms. The normalized spacial score (nSPS) is 18.6. The van der Waals surface area contributed by atoms with Crippen LogP contribution in [-0.4, -0.2) is 132 Å². The number of likely N-dealkylation sites (tertiary alicyclic amines) is 1. The van der Waals surface area contributed by atoms with E-state index in [1.165, 1.54) is 7.11 Å². The summed E-state index contributed by atoms with van der Waals surface area (Å²) in [7, 11) is 4.93. The number of benzene rings is 1. The van der Waals surface area contributed by atoms with E-state index in [0.717, 1.165) is 5.56 Å². The van der Waals surface area contributed by atoms with Crippen molar-refractivity contribution < 1.29 is 48.5 Å². The van der Waals surface area contributed by atoms with Crippen LogP contribution in [0.2, 0.25) is 0 Å². The summed E-state index contributed by atoms with van der Waals surface area (Å²) in [6.07, 6.45) is 0.622. The third-order valence-electron chi connectivity index (χ3n) is 12.2. The molecule has 6 N–H and O–H groups in total. The van der Waals surface area contributed by atoms with Crippen LogP contribution in [0.4, 0.5) is 0 Å². The molecule has 0 radical (unpaired) electrons. The molecule has 16 heteroatoms. The topological polar surface area (TPSA) is 224 Å². The molecule has 0 aromatic heterocycles. The summed E-state index contributed by atoms with van der Waals surface area (Å²) in [6.45, 7) is 15.7. The second-order valence-corrected chi connectivity index (χ2v) is 17.1. The molecular weight excluding hydrogens is 773 g/mol. The van der Waals surface area contributed by atoms with Gasteiger partial charge in [0.25, 0.3) is 0 Å². The Morgan fingerprint density at radius 1 is 0.850 bits per heavy atom. The van der Waals surface area contributed by atoms with Crippen LogP contribution in [0.15, 0.2) is 30.3 Å². The first-order chi connectivity index (χ1) is 28.2. The van der Waals surface area contributed by atoms with Gasteiger partial charge in [-0.2, -0.15) is 0 Å². The van der Waals surface area contributed by atoms with Crippen LogP contribution in [-0.2, 0) is 44.7 Å². The number of methoxy groups -OCH3 is 1. The summed E-state index contributed by atoms with van der Waals surface area (Å²) >= 11 is 0. The predicted molar refractivity (Wildman–Crippen MR) is 227 cm³/mol. The molecule has 1 aromatic rings. The van der Waals surface area contributed by atoms with E-state index in [9.17, 15) is 38.7 Å². The fourth-order valence-corrected chi connectivity index (χ4v) is 8.14. The molecule has 0 bridgehead atoms. The van der Waals surface area contributed by atoms with E-state index in [1.807, 2.05) is 48.5 Å². The van der Waals surface area contributed by atoms with Gasteiger partial charge in [0.05, 0.1) is 24.6 Å². The van der Waals surface area contributed by atoms with Crippen molar-refractivity contribution >= 4 is 41.5 Å². The number of amides is 5. The first kappa shape index (κ1) is 51.6. The maximum Gasteiger partial charge on any atom is 0.326 e. The number of carbonyl (C=O) groups excluding carboxylic acids is 5. The smallest absolute Gasteiger partial charge is 0.326 e. The number of hydrogen-bond donors (Lipinski definition) is 6. The Labute approximate surface area is 356 Å². The van der Waals surface area contributed by atoms with Gasteiger partial charge >= 0.3 is 11.9 Å². The first-order valence-electron chi connectivity index (χ1n) is 21.4. The van der Waals surface area contributed by atoms with Gasteiger partial charge < -0.3 is 46.0 Å². The molecule has 60 heavy (non-hydrogen) atoms. The van der Waals surface area contributed by atoms with Gasteiger partial charge in [0.15, 0.2) is 0 Å². The monoisotopic (exact) mass is 845 g/mol. The van der Waals surface area contributed by atoms with Gasteiger partial charge in [0.1, 0.15) is 18.1 Å². The molecule has 1 unspecified atom stereocenters. The lowest BCUT2D eigenvalue weighted by Gasteiger charge is -2.41. The fourth-order valence-electron chi connectivity index (χ4n) is 8.14. The number of ether oxygens (including phenoxy) is 1. The van der Waals surface area contributed by atoms with Crippen LogP contribution < -0.4 is 21.3 Å². The number of aliphatic carboxylic acids is 2. The van der Waals surface area contributed by atoms with Gasteiger partial charge in [0.2, 0.25) is 29.5 Å². The maximum absolute atomic E-state index is 14.3. The molecule has 0 saturated carbocycles. The Morgan fingerprint density at radius 3 is 1.97 bits per heavy atom. The van der Waals surface area contributed by atoms with E-state index in [0.29, 0.717) is 25.8 Å². The van der Waals surface area contributed by atoms with E-state index < -0.39 is 72.4 Å². The van der Waals surface area contributed by atoms with Gasteiger partial charge in [-0.1, -0.05) is 92.1 Å². The molecule has 0 aliphatic carbocycles. The quantitative estimate of drug-likeness (QED) is 0.0840. The SMILES string of the molecule is CC[C@H](C)[C@@H]([C@@H](CC(=O)N1CCC[C@H]1[C@H](C)[C@@H](C)C(=O)N[C@@H](Cc1ccccc1)C(=O)NC(CCC(=O)O)C(=O)O)OC)N(C)C(=O)[C@@H](NC(=O)[C@@H](NC)C(C)C)C(C)C. The average molecular weight is 845 g/mol. The number of carbonyl (C=O) groups is 7. The Hall–Kier alpha value is -4.57. The van der Waals surface area contributed by atoms with Gasteiger partial charge in [-0.05, 0) is 55.5 Å². The largest absolute Gasteiger partial charge is 0.481 e. The highest BCUT2D eigenvalue weighted by molar-refractivity contribution is 5.92. The third-order valence-corrected chi connectivity index (χ3v) is 12.2. The molecule has 1 aliphatic heterocycles. The molecule has 1 aromatic carbocycles. The molecule has 1 aliphatic rings. The molecule has 1 heterocycles. The lowest BCUT2D eigenvalue weighted by atomic mass is 9.86. The number of likely N-dealkylation sites (N-methyl/N-ethyl adjacent to an activating group) is 2. The Kier molecular flexibility index (Phi) is 21.2. The van der Waals surface area contributed by atoms with Crippen molar-refractivity contribution in [1.29, 1.82) is 0 Å². The zero-order valence-electron chi connectivity index (χ0n) is 37.5. The Morgan fingerprint density at radius 2 is 1.45 bits per heavy atom. The van der Waals surface area contributed by atoms with E-state index >= 15 is 0 Å². The minimum Gasteiger partial charge on any atom is -0.481 e. The van der Waals surface area contributed by atoms with Crippen molar-refractivity contribution in [2.75, 3.05) is 27.7 Å². The first-order valence-corrected chi connectivity index (χ1v) is 21.4. The summed E-state index contributed by atoms with van der Waals surface area (Å²) in [5, 5.41) is 30.0. The van der Waals surface area contributed by atoms with Crippen LogP contribution >= 0.6 is 0 Å². The number of nitrogens with zero attached hydrogens (tertiary/aromatic N) is 2. The minimum atomic E-state index is -1.47. The van der Waals surface area contributed by atoms with Crippen LogP contribution in [0.5, 0.6) is 0 Å². The molecule has 1 saturated heterocycles. The van der Waals surface area contributed by atoms with Gasteiger partial charge in [-0.25, -0.2) is 4.79 Å². The highest BCUT2D eigenvalue weighted by atomic mass is 16.5. The zero-order chi connectivity index (χ0) is 45.4. The van der Waals surface area contributed by atoms with Gasteiger partial charge in [-0.3, -0.25) is 28.8 Å². The summed E-state index contributed by atoms with van der Waals surface area (Å²) in [6, 6.07) is 4.19. The Bertz CT molecular complexity index is 1590. The van der Waals surface area contributed by atoms with Crippen LogP contribution in [0.25, 0.3) is 0 Å². The standard InChI is InChI=1S/C44H72N6O10/c1-12-27(6)39(49(10)43(57)38(26(4)5)48-42(56)37(45-9)25(2)3)34(60-11)24-35(51)50-22-16-19-33(50)28(7)29(8)40(54)47-32(23-30-17-14-13-15-18-30)41(55)46-31(44(58)59)20-21-36(52)53/h13-15,17-18,25-29,31-34,37-39,45H,12,16,19-24H2,1-11H3,(H,46,55)(H,47,54)(H,48,56)(H,52,53)(H,58,59)/t27-,28+,29+,31?,32-,33-,34+,37-,38-,39-/m0/s1. The van der Waals surface area contributed by atoms with E-state index in [2.05, 4.69) is 21.3 Å². The fraction of sp³-hybridized carbons (Fsp3) is 0.705. The Balaban J connectivity index is 2.29. The van der Waals surface area contributed by atoms with Crippen LogP contribution in [0.3, 0.4) is 0 Å². The summed E-state index contributed by atoms with van der Waals surface area (Å²) in [5.74, 6) is -5.83. The highest BCUT2D eigenvalue weighted by Gasteiger charge is 2.42. The van der Waals surface area contributed by atoms with Crippen molar-refractivity contribution in [3.05, 3.63) is 35.9 Å². The summed E-state index contributed by atoms with van der Waals surface area (Å²) < 4.78 is 6.00.